The van der Waals surface area contributed by atoms with E-state index < -0.39 is 12.1 Å². The van der Waals surface area contributed by atoms with Gasteiger partial charge in [-0.1, -0.05) is 12.7 Å². The molecule has 1 unspecified atom stereocenters. The number of nitrogens with zero attached hydrogens (tertiary/aromatic N) is 1. The van der Waals surface area contributed by atoms with Crippen molar-refractivity contribution in [2.45, 2.75) is 26.3 Å². The van der Waals surface area contributed by atoms with Gasteiger partial charge in [-0.2, -0.15) is 0 Å². The molecule has 0 saturated heterocycles. The van der Waals surface area contributed by atoms with E-state index in [4.69, 9.17) is 9.84 Å². The molecule has 0 rings (SSSR count). The molecule has 0 aromatic rings. The van der Waals surface area contributed by atoms with E-state index in [1.54, 1.807) is 13.8 Å². The maximum atomic E-state index is 11.4. The number of hydrogen-bond acceptors (Lipinski definition) is 3. The van der Waals surface area contributed by atoms with Gasteiger partial charge in [-0.25, -0.2) is 4.79 Å². The number of carboxylic acid groups (broad SMARTS) is 1. The smallest absolute Gasteiger partial charge is 0.410 e. The Morgan fingerprint density at radius 2 is 2.20 bits per heavy atom. The molecule has 1 N–H and O–H groups in total. The van der Waals surface area contributed by atoms with Gasteiger partial charge in [0.05, 0.1) is 6.42 Å². The molecule has 86 valence electrons. The van der Waals surface area contributed by atoms with Crippen molar-refractivity contribution in [1.82, 2.24) is 4.90 Å². The number of rotatable bonds is 6. The van der Waals surface area contributed by atoms with Crippen molar-refractivity contribution in [3.63, 3.8) is 0 Å². The first-order valence-corrected chi connectivity index (χ1v) is 4.79. The van der Waals surface area contributed by atoms with Crippen LogP contribution in [0.4, 0.5) is 4.79 Å². The van der Waals surface area contributed by atoms with Gasteiger partial charge in [-0.15, -0.1) is 0 Å². The zero-order valence-electron chi connectivity index (χ0n) is 9.10. The lowest BCUT2D eigenvalue weighted by molar-refractivity contribution is -0.138. The first-order valence-electron chi connectivity index (χ1n) is 4.79. The molecule has 0 bridgehead atoms. The lowest BCUT2D eigenvalue weighted by Crippen LogP contribution is -2.40. The molecule has 0 aliphatic carbocycles. The topological polar surface area (TPSA) is 66.8 Å². The molecule has 0 fully saturated rings. The Kier molecular flexibility index (Phi) is 6.17. The first kappa shape index (κ1) is 13.5. The quantitative estimate of drug-likeness (QED) is 0.682. The van der Waals surface area contributed by atoms with Gasteiger partial charge in [0, 0.05) is 12.6 Å². The van der Waals surface area contributed by atoms with E-state index in [0.29, 0.717) is 6.54 Å². The lowest BCUT2D eigenvalue weighted by atomic mass is 10.2. The fourth-order valence-corrected chi connectivity index (χ4v) is 1.20. The van der Waals surface area contributed by atoms with E-state index in [9.17, 15) is 9.59 Å². The Balaban J connectivity index is 4.26. The molecule has 15 heavy (non-hydrogen) atoms. The number of hydrogen-bond donors (Lipinski definition) is 1. The third-order valence-electron chi connectivity index (χ3n) is 1.90. The summed E-state index contributed by atoms with van der Waals surface area (Å²) in [5, 5.41) is 8.59. The highest BCUT2D eigenvalue weighted by molar-refractivity contribution is 5.71. The van der Waals surface area contributed by atoms with E-state index >= 15 is 0 Å². The molecule has 0 spiro atoms. The second-order valence-corrected chi connectivity index (χ2v) is 3.10. The van der Waals surface area contributed by atoms with Crippen LogP contribution in [0, 0.1) is 0 Å². The zero-order valence-corrected chi connectivity index (χ0v) is 9.10. The summed E-state index contributed by atoms with van der Waals surface area (Å²) in [5.74, 6) is -0.933. The number of aliphatic carboxylic acids is 1. The van der Waals surface area contributed by atoms with Crippen molar-refractivity contribution in [2.75, 3.05) is 13.2 Å². The van der Waals surface area contributed by atoms with Gasteiger partial charge in [0.2, 0.25) is 0 Å². The number of carbonyl (C=O) groups is 2. The molecular weight excluding hydrogens is 198 g/mol. The van der Waals surface area contributed by atoms with Gasteiger partial charge < -0.3 is 14.7 Å². The summed E-state index contributed by atoms with van der Waals surface area (Å²) in [6.45, 7) is 7.42. The van der Waals surface area contributed by atoms with Crippen molar-refractivity contribution >= 4 is 12.1 Å². The standard InChI is InChI=1S/C10H17NO4/c1-4-6-15-10(14)11(5-2)8(3)7-9(12)13/h4,8H,1,5-7H2,2-3H3,(H,12,13). The van der Waals surface area contributed by atoms with Crippen LogP contribution in [0.15, 0.2) is 12.7 Å². The monoisotopic (exact) mass is 215 g/mol. The van der Waals surface area contributed by atoms with Crippen molar-refractivity contribution in [2.24, 2.45) is 0 Å². The van der Waals surface area contributed by atoms with Gasteiger partial charge in [-0.3, -0.25) is 4.79 Å². The van der Waals surface area contributed by atoms with Gasteiger partial charge in [-0.05, 0) is 13.8 Å². The Bertz CT molecular complexity index is 240. The normalized spacial score (nSPS) is 11.6. The molecule has 0 aliphatic heterocycles. The summed E-state index contributed by atoms with van der Waals surface area (Å²) >= 11 is 0. The van der Waals surface area contributed by atoms with Crippen molar-refractivity contribution in [3.05, 3.63) is 12.7 Å². The summed E-state index contributed by atoms with van der Waals surface area (Å²) in [7, 11) is 0. The van der Waals surface area contributed by atoms with E-state index in [1.165, 1.54) is 11.0 Å². The third kappa shape index (κ3) is 5.05. The molecule has 0 saturated carbocycles. The zero-order chi connectivity index (χ0) is 11.8. The minimum Gasteiger partial charge on any atom is -0.481 e. The third-order valence-corrected chi connectivity index (χ3v) is 1.90. The van der Waals surface area contributed by atoms with Crippen molar-refractivity contribution in [3.8, 4) is 0 Å². The summed E-state index contributed by atoms with van der Waals surface area (Å²) < 4.78 is 4.82. The molecule has 5 heteroatoms. The highest BCUT2D eigenvalue weighted by Crippen LogP contribution is 2.06. The maximum absolute atomic E-state index is 11.4. The van der Waals surface area contributed by atoms with Crippen LogP contribution in [-0.2, 0) is 9.53 Å². The highest BCUT2D eigenvalue weighted by Gasteiger charge is 2.21. The average molecular weight is 215 g/mol. The molecule has 0 radical (unpaired) electrons. The van der Waals surface area contributed by atoms with Crippen LogP contribution in [-0.4, -0.2) is 41.3 Å². The Hall–Kier alpha value is -1.52. The molecule has 1 amide bonds. The van der Waals surface area contributed by atoms with Gasteiger partial charge in [0.1, 0.15) is 6.61 Å². The largest absolute Gasteiger partial charge is 0.481 e. The first-order chi connectivity index (χ1) is 7.02. The molecule has 0 aliphatic rings. The van der Waals surface area contributed by atoms with E-state index in [0.717, 1.165) is 0 Å². The number of ether oxygens (including phenoxy) is 1. The van der Waals surface area contributed by atoms with Gasteiger partial charge in [0.25, 0.3) is 0 Å². The maximum Gasteiger partial charge on any atom is 0.410 e. The van der Waals surface area contributed by atoms with Crippen molar-refractivity contribution < 1.29 is 19.4 Å². The Labute approximate surface area is 89.3 Å². The second-order valence-electron chi connectivity index (χ2n) is 3.10. The molecule has 5 nitrogen and oxygen atoms in total. The summed E-state index contributed by atoms with van der Waals surface area (Å²) in [6.07, 6.45) is 0.871. The van der Waals surface area contributed by atoms with Crippen molar-refractivity contribution in [1.29, 1.82) is 0 Å². The highest BCUT2D eigenvalue weighted by atomic mass is 16.6. The molecule has 1 atom stereocenters. The lowest BCUT2D eigenvalue weighted by Gasteiger charge is -2.25. The number of carbonyl (C=O) groups excluding carboxylic acids is 1. The minimum absolute atomic E-state index is 0.0863. The fraction of sp³-hybridized carbons (Fsp3) is 0.600. The van der Waals surface area contributed by atoms with Crippen LogP contribution in [0.3, 0.4) is 0 Å². The summed E-state index contributed by atoms with van der Waals surface area (Å²) in [4.78, 5) is 23.3. The second kappa shape index (κ2) is 6.86. The Morgan fingerprint density at radius 3 is 2.60 bits per heavy atom. The van der Waals surface area contributed by atoms with Crippen LogP contribution < -0.4 is 0 Å². The number of amides is 1. The predicted molar refractivity (Wildman–Crippen MR) is 55.6 cm³/mol. The fourth-order valence-electron chi connectivity index (χ4n) is 1.20. The van der Waals surface area contributed by atoms with Crippen LogP contribution in [0.1, 0.15) is 20.3 Å². The van der Waals surface area contributed by atoms with Crippen LogP contribution in [0.25, 0.3) is 0 Å². The Morgan fingerprint density at radius 1 is 1.60 bits per heavy atom. The molecular formula is C10H17NO4. The molecule has 0 aromatic heterocycles. The van der Waals surface area contributed by atoms with Crippen LogP contribution >= 0.6 is 0 Å². The number of carboxylic acids is 1. The summed E-state index contributed by atoms with van der Waals surface area (Å²) in [6, 6.07) is -0.371. The molecule has 0 aromatic carbocycles. The minimum atomic E-state index is -0.933. The van der Waals surface area contributed by atoms with Gasteiger partial charge >= 0.3 is 12.1 Å². The van der Waals surface area contributed by atoms with E-state index in [-0.39, 0.29) is 19.1 Å². The average Bonchev–Trinajstić information content (AvgIpc) is 2.14. The van der Waals surface area contributed by atoms with E-state index in [2.05, 4.69) is 6.58 Å². The summed E-state index contributed by atoms with van der Waals surface area (Å²) in [5.41, 5.74) is 0. The SMILES string of the molecule is C=CCOC(=O)N(CC)C(C)CC(=O)O. The predicted octanol–water partition coefficient (Wildman–Crippen LogP) is 1.49. The van der Waals surface area contributed by atoms with Crippen LogP contribution in [0.2, 0.25) is 0 Å². The molecule has 0 heterocycles. The van der Waals surface area contributed by atoms with Crippen LogP contribution in [0.5, 0.6) is 0 Å². The van der Waals surface area contributed by atoms with E-state index in [1.807, 2.05) is 0 Å². The van der Waals surface area contributed by atoms with Gasteiger partial charge in [0.15, 0.2) is 0 Å².